The number of nitrogens with one attached hydrogen (secondary N) is 1. The monoisotopic (exact) mass is 435 g/mol. The topological polar surface area (TPSA) is 119 Å². The van der Waals surface area contributed by atoms with Crippen molar-refractivity contribution in [2.24, 2.45) is 0 Å². The van der Waals surface area contributed by atoms with E-state index < -0.39 is 27.4 Å². The first-order valence-corrected chi connectivity index (χ1v) is 10.6. The summed E-state index contributed by atoms with van der Waals surface area (Å²) in [5.41, 5.74) is 1.51. The molecule has 0 radical (unpaired) electrons. The normalized spacial score (nSPS) is 11.6. The minimum Gasteiger partial charge on any atom is -0.495 e. The van der Waals surface area contributed by atoms with Gasteiger partial charge in [0.25, 0.3) is 5.69 Å². The molecule has 0 spiro atoms. The summed E-state index contributed by atoms with van der Waals surface area (Å²) in [6, 6.07) is 8.99. The van der Waals surface area contributed by atoms with Gasteiger partial charge in [0, 0.05) is 19.2 Å². The van der Waals surface area contributed by atoms with Crippen molar-refractivity contribution in [3.63, 3.8) is 0 Å². The predicted octanol–water partition coefficient (Wildman–Crippen LogP) is 3.29. The summed E-state index contributed by atoms with van der Waals surface area (Å²) in [5, 5.41) is 13.5. The van der Waals surface area contributed by atoms with Crippen molar-refractivity contribution in [3.8, 4) is 5.75 Å². The molecule has 0 aliphatic carbocycles. The van der Waals surface area contributed by atoms with Crippen molar-refractivity contribution in [2.45, 2.75) is 31.6 Å². The second-order valence-corrected chi connectivity index (χ2v) is 9.14. The number of sulfonamides is 1. The molecule has 2 aromatic rings. The highest BCUT2D eigenvalue weighted by Crippen LogP contribution is 2.30. The standard InChI is InChI=1S/C20H25N3O6S/c1-13(2)15-7-9-18(29-5)19(10-15)30(27,28)22(4)12-20(24)21-17-11-16(23(25)26)8-6-14(17)3/h6-11,13H,12H2,1-5H3,(H,21,24). The first kappa shape index (κ1) is 23.3. The number of amides is 1. The second-order valence-electron chi connectivity index (χ2n) is 7.13. The van der Waals surface area contributed by atoms with Crippen molar-refractivity contribution in [2.75, 3.05) is 26.0 Å². The van der Waals surface area contributed by atoms with Gasteiger partial charge in [-0.15, -0.1) is 0 Å². The number of likely N-dealkylation sites (N-methyl/N-ethyl adjacent to an activating group) is 1. The van der Waals surface area contributed by atoms with E-state index in [4.69, 9.17) is 4.74 Å². The van der Waals surface area contributed by atoms with E-state index in [0.29, 0.717) is 5.56 Å². The Kier molecular flexibility index (Phi) is 7.16. The highest BCUT2D eigenvalue weighted by Gasteiger charge is 2.27. The molecule has 9 nitrogen and oxygen atoms in total. The maximum absolute atomic E-state index is 13.1. The molecule has 0 saturated carbocycles. The van der Waals surface area contributed by atoms with Crippen molar-refractivity contribution in [3.05, 3.63) is 57.6 Å². The molecule has 2 aromatic carbocycles. The lowest BCUT2D eigenvalue weighted by atomic mass is 10.0. The highest BCUT2D eigenvalue weighted by atomic mass is 32.2. The minimum absolute atomic E-state index is 0.0296. The Morgan fingerprint density at radius 3 is 2.47 bits per heavy atom. The van der Waals surface area contributed by atoms with Crippen LogP contribution in [0.2, 0.25) is 0 Å². The van der Waals surface area contributed by atoms with Gasteiger partial charge in [0.15, 0.2) is 0 Å². The Morgan fingerprint density at radius 2 is 1.90 bits per heavy atom. The van der Waals surface area contributed by atoms with Gasteiger partial charge in [0.1, 0.15) is 10.6 Å². The highest BCUT2D eigenvalue weighted by molar-refractivity contribution is 7.89. The van der Waals surface area contributed by atoms with Gasteiger partial charge in [-0.1, -0.05) is 26.0 Å². The third-order valence-corrected chi connectivity index (χ3v) is 6.44. The molecule has 10 heteroatoms. The molecule has 0 unspecified atom stereocenters. The molecule has 2 rings (SSSR count). The fourth-order valence-corrected chi connectivity index (χ4v) is 4.07. The van der Waals surface area contributed by atoms with Crippen LogP contribution in [0.5, 0.6) is 5.75 Å². The first-order chi connectivity index (χ1) is 14.0. The zero-order valence-electron chi connectivity index (χ0n) is 17.5. The number of ether oxygens (including phenoxy) is 1. The van der Waals surface area contributed by atoms with E-state index >= 15 is 0 Å². The molecule has 0 heterocycles. The number of hydrogen-bond donors (Lipinski definition) is 1. The number of rotatable bonds is 8. The van der Waals surface area contributed by atoms with E-state index in [1.165, 1.54) is 38.4 Å². The van der Waals surface area contributed by atoms with Crippen LogP contribution in [0.4, 0.5) is 11.4 Å². The van der Waals surface area contributed by atoms with Crippen molar-refractivity contribution in [1.29, 1.82) is 0 Å². The van der Waals surface area contributed by atoms with Gasteiger partial charge in [-0.25, -0.2) is 8.42 Å². The van der Waals surface area contributed by atoms with Gasteiger partial charge in [0.05, 0.1) is 24.3 Å². The molecule has 1 N–H and O–H groups in total. The molecule has 0 atom stereocenters. The van der Waals surface area contributed by atoms with Crippen LogP contribution in [0.25, 0.3) is 0 Å². The number of nitro benzene ring substituents is 1. The van der Waals surface area contributed by atoms with Crippen LogP contribution in [-0.4, -0.2) is 44.3 Å². The van der Waals surface area contributed by atoms with E-state index in [1.54, 1.807) is 19.1 Å². The van der Waals surface area contributed by atoms with Crippen LogP contribution in [0.15, 0.2) is 41.3 Å². The number of benzene rings is 2. The Balaban J connectivity index is 2.26. The summed E-state index contributed by atoms with van der Waals surface area (Å²) in [5.74, 6) is -0.333. The van der Waals surface area contributed by atoms with E-state index in [2.05, 4.69) is 5.32 Å². The number of anilines is 1. The number of methoxy groups -OCH3 is 1. The van der Waals surface area contributed by atoms with Crippen LogP contribution >= 0.6 is 0 Å². The van der Waals surface area contributed by atoms with Gasteiger partial charge in [0.2, 0.25) is 15.9 Å². The zero-order valence-corrected chi connectivity index (χ0v) is 18.3. The molecule has 0 fully saturated rings. The van der Waals surface area contributed by atoms with Gasteiger partial charge in [-0.3, -0.25) is 14.9 Å². The maximum Gasteiger partial charge on any atom is 0.271 e. The lowest BCUT2D eigenvalue weighted by molar-refractivity contribution is -0.384. The van der Waals surface area contributed by atoms with Crippen molar-refractivity contribution >= 4 is 27.3 Å². The molecule has 1 amide bonds. The molecule has 0 saturated heterocycles. The SMILES string of the molecule is COc1ccc(C(C)C)cc1S(=O)(=O)N(C)CC(=O)Nc1cc([N+](=O)[O-])ccc1C. The lowest BCUT2D eigenvalue weighted by Gasteiger charge is -2.20. The second kappa shape index (κ2) is 9.23. The number of carbonyl (C=O) groups excluding carboxylic acids is 1. The third-order valence-electron chi connectivity index (χ3n) is 4.61. The van der Waals surface area contributed by atoms with E-state index in [1.807, 2.05) is 13.8 Å². The van der Waals surface area contributed by atoms with Crippen LogP contribution < -0.4 is 10.1 Å². The van der Waals surface area contributed by atoms with Crippen molar-refractivity contribution < 1.29 is 22.9 Å². The van der Waals surface area contributed by atoms with Crippen LogP contribution in [0, 0.1) is 17.0 Å². The quantitative estimate of drug-likeness (QED) is 0.502. The average Bonchev–Trinajstić information content (AvgIpc) is 2.68. The number of nitro groups is 1. The summed E-state index contributed by atoms with van der Waals surface area (Å²) in [6.45, 7) is 5.09. The molecule has 0 aliphatic rings. The molecule has 0 aromatic heterocycles. The Bertz CT molecular complexity index is 1070. The smallest absolute Gasteiger partial charge is 0.271 e. The number of nitrogens with zero attached hydrogens (tertiary/aromatic N) is 2. The zero-order chi connectivity index (χ0) is 22.6. The number of hydrogen-bond acceptors (Lipinski definition) is 6. The molecular formula is C20H25N3O6S. The van der Waals surface area contributed by atoms with E-state index in [9.17, 15) is 23.3 Å². The molecular weight excluding hydrogens is 410 g/mol. The summed E-state index contributed by atoms with van der Waals surface area (Å²) in [7, 11) is -1.35. The Labute approximate surface area is 175 Å². The predicted molar refractivity (Wildman–Crippen MR) is 113 cm³/mol. The summed E-state index contributed by atoms with van der Waals surface area (Å²) < 4.78 is 32.2. The molecule has 162 valence electrons. The molecule has 30 heavy (non-hydrogen) atoms. The van der Waals surface area contributed by atoms with Gasteiger partial charge >= 0.3 is 0 Å². The van der Waals surface area contributed by atoms with Crippen LogP contribution in [0.3, 0.4) is 0 Å². The summed E-state index contributed by atoms with van der Waals surface area (Å²) in [6.07, 6.45) is 0. The fraction of sp³-hybridized carbons (Fsp3) is 0.350. The number of aryl methyl sites for hydroxylation is 1. The van der Waals surface area contributed by atoms with Gasteiger partial charge in [-0.2, -0.15) is 4.31 Å². The maximum atomic E-state index is 13.1. The molecule has 0 bridgehead atoms. The van der Waals surface area contributed by atoms with E-state index in [-0.39, 0.29) is 27.9 Å². The van der Waals surface area contributed by atoms with Crippen molar-refractivity contribution in [1.82, 2.24) is 4.31 Å². The average molecular weight is 436 g/mol. The Hall–Kier alpha value is -2.98. The fourth-order valence-electron chi connectivity index (χ4n) is 2.76. The third kappa shape index (κ3) is 5.14. The minimum atomic E-state index is -4.02. The largest absolute Gasteiger partial charge is 0.495 e. The van der Waals surface area contributed by atoms with Crippen LogP contribution in [0.1, 0.15) is 30.9 Å². The van der Waals surface area contributed by atoms with Crippen LogP contribution in [-0.2, 0) is 14.8 Å². The Morgan fingerprint density at radius 1 is 1.23 bits per heavy atom. The summed E-state index contributed by atoms with van der Waals surface area (Å²) in [4.78, 5) is 22.8. The van der Waals surface area contributed by atoms with E-state index in [0.717, 1.165) is 9.87 Å². The first-order valence-electron chi connectivity index (χ1n) is 9.16. The number of non-ortho nitro benzene ring substituents is 1. The number of carbonyl (C=O) groups is 1. The van der Waals surface area contributed by atoms with Gasteiger partial charge < -0.3 is 10.1 Å². The van der Waals surface area contributed by atoms with Gasteiger partial charge in [-0.05, 0) is 36.1 Å². The summed E-state index contributed by atoms with van der Waals surface area (Å²) >= 11 is 0. The molecule has 0 aliphatic heterocycles. The lowest BCUT2D eigenvalue weighted by Crippen LogP contribution is -2.35.